The fourth-order valence-electron chi connectivity index (χ4n) is 2.12. The number of halogens is 1. The highest BCUT2D eigenvalue weighted by molar-refractivity contribution is 7.88. The number of rotatable bonds is 6. The molecular weight excluding hydrogens is 362 g/mol. The molecule has 0 atom stereocenters. The van der Waals surface area contributed by atoms with Crippen LogP contribution in [0, 0.1) is 6.92 Å². The van der Waals surface area contributed by atoms with E-state index in [9.17, 15) is 13.2 Å². The van der Waals surface area contributed by atoms with Crippen molar-refractivity contribution in [2.45, 2.75) is 6.92 Å². The van der Waals surface area contributed by atoms with E-state index in [1.807, 2.05) is 13.0 Å². The van der Waals surface area contributed by atoms with Crippen molar-refractivity contribution < 1.29 is 13.2 Å². The second-order valence-electron chi connectivity index (χ2n) is 5.68. The van der Waals surface area contributed by atoms with Gasteiger partial charge in [-0.25, -0.2) is 12.7 Å². The number of pyridine rings is 1. The fourth-order valence-corrected chi connectivity index (χ4v) is 2.65. The van der Waals surface area contributed by atoms with Gasteiger partial charge >= 0.3 is 0 Å². The molecule has 1 aromatic carbocycles. The predicted molar refractivity (Wildman–Crippen MR) is 99.2 cm³/mol. The van der Waals surface area contributed by atoms with E-state index >= 15 is 0 Å². The molecule has 0 spiro atoms. The quantitative estimate of drug-likeness (QED) is 0.832. The standard InChI is InChI=1S/C17H20ClN3O3S/c1-12-15(18)7-8-16(20-12)13-5-4-6-14(11-13)17(22)19-9-10-21(2)25(3,23)24/h4-8,11H,9-10H2,1-3H3,(H,19,22). The first-order valence-electron chi connectivity index (χ1n) is 7.61. The molecule has 0 radical (unpaired) electrons. The molecule has 25 heavy (non-hydrogen) atoms. The first-order chi connectivity index (χ1) is 11.7. The minimum atomic E-state index is -3.25. The Morgan fingerprint density at radius 3 is 2.64 bits per heavy atom. The topological polar surface area (TPSA) is 79.4 Å². The van der Waals surface area contributed by atoms with Crippen molar-refractivity contribution in [1.82, 2.24) is 14.6 Å². The molecule has 0 fully saturated rings. The van der Waals surface area contributed by atoms with E-state index in [4.69, 9.17) is 11.6 Å². The molecule has 0 bridgehead atoms. The van der Waals surface area contributed by atoms with Crippen LogP contribution < -0.4 is 5.32 Å². The Morgan fingerprint density at radius 2 is 2.00 bits per heavy atom. The summed E-state index contributed by atoms with van der Waals surface area (Å²) in [6, 6.07) is 10.6. The monoisotopic (exact) mass is 381 g/mol. The minimum absolute atomic E-state index is 0.211. The molecule has 134 valence electrons. The zero-order valence-electron chi connectivity index (χ0n) is 14.3. The van der Waals surface area contributed by atoms with Crippen LogP contribution in [0.5, 0.6) is 0 Å². The second kappa shape index (κ2) is 7.95. The Bertz CT molecular complexity index is 884. The number of carbonyl (C=O) groups is 1. The van der Waals surface area contributed by atoms with Crippen molar-refractivity contribution in [3.8, 4) is 11.3 Å². The second-order valence-corrected chi connectivity index (χ2v) is 8.18. The molecule has 0 unspecified atom stereocenters. The van der Waals surface area contributed by atoms with E-state index in [0.29, 0.717) is 10.6 Å². The lowest BCUT2D eigenvalue weighted by molar-refractivity contribution is 0.0952. The van der Waals surface area contributed by atoms with E-state index in [1.165, 1.54) is 11.4 Å². The van der Waals surface area contributed by atoms with Crippen LogP contribution in [0.2, 0.25) is 5.02 Å². The molecular formula is C17H20ClN3O3S. The van der Waals surface area contributed by atoms with Gasteiger partial charge < -0.3 is 5.32 Å². The number of hydrogen-bond donors (Lipinski definition) is 1. The number of nitrogens with zero attached hydrogens (tertiary/aromatic N) is 2. The Hall–Kier alpha value is -1.96. The number of likely N-dealkylation sites (N-methyl/N-ethyl adjacent to an activating group) is 1. The molecule has 1 heterocycles. The molecule has 0 saturated carbocycles. The van der Waals surface area contributed by atoms with Crippen molar-refractivity contribution in [3.63, 3.8) is 0 Å². The van der Waals surface area contributed by atoms with E-state index in [1.54, 1.807) is 30.3 Å². The first kappa shape index (κ1) is 19.4. The third kappa shape index (κ3) is 5.26. The molecule has 0 saturated heterocycles. The Morgan fingerprint density at radius 1 is 1.28 bits per heavy atom. The molecule has 1 amide bonds. The van der Waals surface area contributed by atoms with Crippen LogP contribution in [0.15, 0.2) is 36.4 Å². The van der Waals surface area contributed by atoms with Gasteiger partial charge in [0.05, 0.1) is 22.7 Å². The summed E-state index contributed by atoms with van der Waals surface area (Å²) in [6.45, 7) is 2.26. The van der Waals surface area contributed by atoms with Gasteiger partial charge in [0.25, 0.3) is 5.91 Å². The molecule has 2 rings (SSSR count). The summed E-state index contributed by atoms with van der Waals surface area (Å²) in [5, 5.41) is 3.30. The molecule has 0 aliphatic heterocycles. The summed E-state index contributed by atoms with van der Waals surface area (Å²) in [5.74, 6) is -0.269. The van der Waals surface area contributed by atoms with Gasteiger partial charge in [0, 0.05) is 31.3 Å². The molecule has 6 nitrogen and oxygen atoms in total. The first-order valence-corrected chi connectivity index (χ1v) is 9.84. The van der Waals surface area contributed by atoms with Gasteiger partial charge in [0.1, 0.15) is 0 Å². The lowest BCUT2D eigenvalue weighted by Gasteiger charge is -2.14. The number of sulfonamides is 1. The largest absolute Gasteiger partial charge is 0.351 e. The third-order valence-electron chi connectivity index (χ3n) is 3.72. The van der Waals surface area contributed by atoms with E-state index in [-0.39, 0.29) is 19.0 Å². The average molecular weight is 382 g/mol. The van der Waals surface area contributed by atoms with Gasteiger partial charge in [0.2, 0.25) is 10.0 Å². The van der Waals surface area contributed by atoms with Crippen molar-refractivity contribution in [2.24, 2.45) is 0 Å². The SMILES string of the molecule is Cc1nc(-c2cccc(C(=O)NCCN(C)S(C)(=O)=O)c2)ccc1Cl. The van der Waals surface area contributed by atoms with Crippen molar-refractivity contribution >= 4 is 27.5 Å². The fraction of sp³-hybridized carbons (Fsp3) is 0.294. The number of nitrogens with one attached hydrogen (secondary N) is 1. The summed E-state index contributed by atoms with van der Waals surface area (Å²) in [6.07, 6.45) is 1.12. The zero-order valence-corrected chi connectivity index (χ0v) is 15.9. The molecule has 1 N–H and O–H groups in total. The van der Waals surface area contributed by atoms with Crippen LogP contribution in [0.4, 0.5) is 0 Å². The number of aromatic nitrogens is 1. The highest BCUT2D eigenvalue weighted by Gasteiger charge is 2.12. The number of hydrogen-bond acceptors (Lipinski definition) is 4. The number of amides is 1. The molecule has 1 aromatic heterocycles. The van der Waals surface area contributed by atoms with Gasteiger partial charge in [-0.2, -0.15) is 0 Å². The third-order valence-corrected chi connectivity index (χ3v) is 5.43. The highest BCUT2D eigenvalue weighted by atomic mass is 35.5. The number of aryl methyl sites for hydroxylation is 1. The average Bonchev–Trinajstić information content (AvgIpc) is 2.56. The molecule has 2 aromatic rings. The normalized spacial score (nSPS) is 11.6. The lowest BCUT2D eigenvalue weighted by atomic mass is 10.1. The maximum Gasteiger partial charge on any atom is 0.251 e. The van der Waals surface area contributed by atoms with Crippen LogP contribution in [-0.4, -0.2) is 50.0 Å². The molecule has 0 aliphatic rings. The van der Waals surface area contributed by atoms with Crippen LogP contribution >= 0.6 is 11.6 Å². The van der Waals surface area contributed by atoms with Gasteiger partial charge in [-0.1, -0.05) is 23.7 Å². The lowest BCUT2D eigenvalue weighted by Crippen LogP contribution is -2.35. The van der Waals surface area contributed by atoms with Gasteiger partial charge in [-0.3, -0.25) is 9.78 Å². The van der Waals surface area contributed by atoms with E-state index < -0.39 is 10.0 Å². The predicted octanol–water partition coefficient (Wildman–Crippen LogP) is 2.33. The smallest absolute Gasteiger partial charge is 0.251 e. The summed E-state index contributed by atoms with van der Waals surface area (Å²) in [5.41, 5.74) is 2.74. The van der Waals surface area contributed by atoms with E-state index in [2.05, 4.69) is 10.3 Å². The van der Waals surface area contributed by atoms with Crippen molar-refractivity contribution in [2.75, 3.05) is 26.4 Å². The maximum absolute atomic E-state index is 12.3. The summed E-state index contributed by atoms with van der Waals surface area (Å²) in [4.78, 5) is 16.7. The van der Waals surface area contributed by atoms with Crippen LogP contribution in [0.1, 0.15) is 16.1 Å². The maximum atomic E-state index is 12.3. The van der Waals surface area contributed by atoms with Crippen molar-refractivity contribution in [3.05, 3.63) is 52.7 Å². The van der Waals surface area contributed by atoms with Crippen LogP contribution in [0.3, 0.4) is 0 Å². The number of benzene rings is 1. The zero-order chi connectivity index (χ0) is 18.6. The van der Waals surface area contributed by atoms with E-state index in [0.717, 1.165) is 23.2 Å². The Labute approximate surface area is 152 Å². The van der Waals surface area contributed by atoms with Crippen LogP contribution in [-0.2, 0) is 10.0 Å². The molecule has 8 heteroatoms. The van der Waals surface area contributed by atoms with Gasteiger partial charge in [-0.05, 0) is 31.2 Å². The minimum Gasteiger partial charge on any atom is -0.351 e. The van der Waals surface area contributed by atoms with Crippen molar-refractivity contribution in [1.29, 1.82) is 0 Å². The summed E-state index contributed by atoms with van der Waals surface area (Å²) < 4.78 is 23.8. The number of carbonyl (C=O) groups excluding carboxylic acids is 1. The summed E-state index contributed by atoms with van der Waals surface area (Å²) in [7, 11) is -1.78. The Balaban J connectivity index is 2.07. The van der Waals surface area contributed by atoms with Crippen LogP contribution in [0.25, 0.3) is 11.3 Å². The van der Waals surface area contributed by atoms with Gasteiger partial charge in [0.15, 0.2) is 0 Å². The Kier molecular flexibility index (Phi) is 6.16. The molecule has 0 aliphatic carbocycles. The van der Waals surface area contributed by atoms with Gasteiger partial charge in [-0.15, -0.1) is 0 Å². The summed E-state index contributed by atoms with van der Waals surface area (Å²) >= 11 is 5.99. The highest BCUT2D eigenvalue weighted by Crippen LogP contribution is 2.22.